The van der Waals surface area contributed by atoms with E-state index in [9.17, 15) is 4.79 Å². The molecule has 0 saturated carbocycles. The maximum absolute atomic E-state index is 11.7. The van der Waals surface area contributed by atoms with Gasteiger partial charge in [-0.3, -0.25) is 4.79 Å². The highest BCUT2D eigenvalue weighted by Crippen LogP contribution is 2.32. The van der Waals surface area contributed by atoms with Crippen molar-refractivity contribution in [3.05, 3.63) is 28.2 Å². The molecule has 1 aromatic rings. The zero-order valence-corrected chi connectivity index (χ0v) is 9.79. The summed E-state index contributed by atoms with van der Waals surface area (Å²) in [7, 11) is 0. The number of benzene rings is 1. The van der Waals surface area contributed by atoms with Crippen LogP contribution in [-0.2, 0) is 4.79 Å². The quantitative estimate of drug-likeness (QED) is 0.774. The fourth-order valence-electron chi connectivity index (χ4n) is 1.73. The predicted molar refractivity (Wildman–Crippen MR) is 62.5 cm³/mol. The number of hydrogen-bond acceptors (Lipinski definition) is 2. The lowest BCUT2D eigenvalue weighted by Crippen LogP contribution is -2.24. The van der Waals surface area contributed by atoms with E-state index in [0.29, 0.717) is 22.3 Å². The lowest BCUT2D eigenvalue weighted by molar-refractivity contribution is -0.117. The van der Waals surface area contributed by atoms with Crippen LogP contribution in [0.15, 0.2) is 18.2 Å². The summed E-state index contributed by atoms with van der Waals surface area (Å²) in [4.78, 5) is 13.2. The van der Waals surface area contributed by atoms with Crippen LogP contribution < -0.4 is 4.90 Å². The minimum absolute atomic E-state index is 0.0734. The third kappa shape index (κ3) is 1.99. The van der Waals surface area contributed by atoms with Crippen LogP contribution in [0.25, 0.3) is 0 Å². The average molecular weight is 255 g/mol. The Morgan fingerprint density at radius 3 is 2.75 bits per heavy atom. The molecule has 1 heterocycles. The van der Waals surface area contributed by atoms with E-state index in [-0.39, 0.29) is 18.2 Å². The molecule has 0 aromatic heterocycles. The third-order valence-corrected chi connectivity index (χ3v) is 3.05. The average Bonchev–Trinajstić information content (AvgIpc) is 2.60. The van der Waals surface area contributed by atoms with Gasteiger partial charge in [-0.05, 0) is 18.2 Å². The number of carbonyl (C=O) groups excluding carboxylic acids is 1. The zero-order valence-electron chi connectivity index (χ0n) is 8.28. The Morgan fingerprint density at radius 2 is 2.19 bits per heavy atom. The first-order valence-electron chi connectivity index (χ1n) is 4.77. The Bertz CT molecular complexity index is 481. The molecule has 5 heteroatoms. The summed E-state index contributed by atoms with van der Waals surface area (Å²) in [5.74, 6) is -0.324. The van der Waals surface area contributed by atoms with Gasteiger partial charge in [-0.25, -0.2) is 0 Å². The van der Waals surface area contributed by atoms with Gasteiger partial charge in [-0.1, -0.05) is 23.2 Å². The fourth-order valence-corrected chi connectivity index (χ4v) is 2.24. The highest BCUT2D eigenvalue weighted by atomic mass is 35.5. The Balaban J connectivity index is 2.32. The van der Waals surface area contributed by atoms with Gasteiger partial charge in [-0.2, -0.15) is 5.26 Å². The number of anilines is 1. The molecule has 3 nitrogen and oxygen atoms in total. The number of nitriles is 1. The van der Waals surface area contributed by atoms with Gasteiger partial charge in [0.2, 0.25) is 5.91 Å². The lowest BCUT2D eigenvalue weighted by Gasteiger charge is -2.17. The van der Waals surface area contributed by atoms with E-state index < -0.39 is 0 Å². The molecule has 1 unspecified atom stereocenters. The SMILES string of the molecule is N#CC1CC(=O)N(c2ccc(Cl)cc2Cl)C1. The maximum atomic E-state index is 11.7. The predicted octanol–water partition coefficient (Wildman–Crippen LogP) is 2.87. The second-order valence-electron chi connectivity index (χ2n) is 3.63. The van der Waals surface area contributed by atoms with Crippen LogP contribution in [-0.4, -0.2) is 12.5 Å². The van der Waals surface area contributed by atoms with Crippen molar-refractivity contribution in [1.82, 2.24) is 0 Å². The minimum Gasteiger partial charge on any atom is -0.310 e. The van der Waals surface area contributed by atoms with Gasteiger partial charge >= 0.3 is 0 Å². The van der Waals surface area contributed by atoms with Crippen molar-refractivity contribution in [3.63, 3.8) is 0 Å². The van der Waals surface area contributed by atoms with E-state index in [2.05, 4.69) is 6.07 Å². The molecule has 1 aliphatic heterocycles. The molecule has 0 spiro atoms. The third-order valence-electron chi connectivity index (χ3n) is 2.51. The summed E-state index contributed by atoms with van der Waals surface area (Å²) >= 11 is 11.8. The van der Waals surface area contributed by atoms with Gasteiger partial charge in [0.1, 0.15) is 0 Å². The van der Waals surface area contributed by atoms with Gasteiger partial charge in [-0.15, -0.1) is 0 Å². The molecule has 0 aliphatic carbocycles. The Labute approximate surface area is 103 Å². The van der Waals surface area contributed by atoms with E-state index >= 15 is 0 Å². The summed E-state index contributed by atoms with van der Waals surface area (Å²) in [5.41, 5.74) is 0.619. The normalized spacial score (nSPS) is 19.9. The molecule has 16 heavy (non-hydrogen) atoms. The van der Waals surface area contributed by atoms with Crippen molar-refractivity contribution in [2.75, 3.05) is 11.4 Å². The standard InChI is InChI=1S/C11H8Cl2N2O/c12-8-1-2-10(9(13)4-8)15-6-7(5-14)3-11(15)16/h1-2,4,7H,3,6H2. The number of amides is 1. The smallest absolute Gasteiger partial charge is 0.228 e. The molecule has 1 aromatic carbocycles. The zero-order chi connectivity index (χ0) is 11.7. The molecule has 2 rings (SSSR count). The van der Waals surface area contributed by atoms with E-state index in [0.717, 1.165) is 0 Å². The van der Waals surface area contributed by atoms with Gasteiger partial charge in [0, 0.05) is 18.0 Å². The maximum Gasteiger partial charge on any atom is 0.228 e. The summed E-state index contributed by atoms with van der Waals surface area (Å²) in [5, 5.41) is 9.73. The van der Waals surface area contributed by atoms with E-state index in [1.54, 1.807) is 18.2 Å². The van der Waals surface area contributed by atoms with Crippen LogP contribution in [0.4, 0.5) is 5.69 Å². The molecule has 1 atom stereocenters. The van der Waals surface area contributed by atoms with Gasteiger partial charge in [0.15, 0.2) is 0 Å². The van der Waals surface area contributed by atoms with Crippen LogP contribution in [0.3, 0.4) is 0 Å². The second kappa shape index (κ2) is 4.32. The van der Waals surface area contributed by atoms with Crippen molar-refractivity contribution >= 4 is 34.8 Å². The Morgan fingerprint density at radius 1 is 1.44 bits per heavy atom. The van der Waals surface area contributed by atoms with Crippen molar-refractivity contribution in [3.8, 4) is 6.07 Å². The summed E-state index contributed by atoms with van der Waals surface area (Å²) in [6, 6.07) is 7.06. The van der Waals surface area contributed by atoms with Crippen molar-refractivity contribution in [2.24, 2.45) is 5.92 Å². The highest BCUT2D eigenvalue weighted by Gasteiger charge is 2.31. The number of nitrogens with zero attached hydrogens (tertiary/aromatic N) is 2. The van der Waals surface area contributed by atoms with E-state index in [4.69, 9.17) is 28.5 Å². The molecular formula is C11H8Cl2N2O. The summed E-state index contributed by atoms with van der Waals surface area (Å²) < 4.78 is 0. The molecule has 1 saturated heterocycles. The fraction of sp³-hybridized carbons (Fsp3) is 0.273. The van der Waals surface area contributed by atoms with Gasteiger partial charge < -0.3 is 4.90 Å². The van der Waals surface area contributed by atoms with Gasteiger partial charge in [0.25, 0.3) is 0 Å². The number of carbonyl (C=O) groups is 1. The van der Waals surface area contributed by atoms with Crippen molar-refractivity contribution in [2.45, 2.75) is 6.42 Å². The van der Waals surface area contributed by atoms with E-state index in [1.165, 1.54) is 4.90 Å². The number of halogens is 2. The van der Waals surface area contributed by atoms with Crippen molar-refractivity contribution < 1.29 is 4.79 Å². The summed E-state index contributed by atoms with van der Waals surface area (Å²) in [6.45, 7) is 0.399. The molecule has 82 valence electrons. The molecule has 1 fully saturated rings. The minimum atomic E-state index is -0.251. The lowest BCUT2D eigenvalue weighted by atomic mass is 10.1. The Kier molecular flexibility index (Phi) is 3.04. The second-order valence-corrected chi connectivity index (χ2v) is 4.47. The van der Waals surface area contributed by atoms with E-state index in [1.807, 2.05) is 0 Å². The van der Waals surface area contributed by atoms with Crippen LogP contribution in [0.5, 0.6) is 0 Å². The van der Waals surface area contributed by atoms with Crippen LogP contribution in [0, 0.1) is 17.2 Å². The molecule has 0 bridgehead atoms. The summed E-state index contributed by atoms with van der Waals surface area (Å²) in [6.07, 6.45) is 0.259. The first kappa shape index (κ1) is 11.3. The molecule has 0 N–H and O–H groups in total. The van der Waals surface area contributed by atoms with Crippen molar-refractivity contribution in [1.29, 1.82) is 5.26 Å². The van der Waals surface area contributed by atoms with Crippen LogP contribution in [0.2, 0.25) is 10.0 Å². The molecular weight excluding hydrogens is 247 g/mol. The topological polar surface area (TPSA) is 44.1 Å². The molecule has 1 aliphatic rings. The molecule has 0 radical (unpaired) electrons. The highest BCUT2D eigenvalue weighted by molar-refractivity contribution is 6.36. The van der Waals surface area contributed by atoms with Crippen LogP contribution in [0.1, 0.15) is 6.42 Å². The largest absolute Gasteiger partial charge is 0.310 e. The van der Waals surface area contributed by atoms with Gasteiger partial charge in [0.05, 0.1) is 22.7 Å². The first-order chi connectivity index (χ1) is 7.61. The number of rotatable bonds is 1. The number of hydrogen-bond donors (Lipinski definition) is 0. The monoisotopic (exact) mass is 254 g/mol. The molecule has 1 amide bonds. The van der Waals surface area contributed by atoms with Crippen LogP contribution >= 0.6 is 23.2 Å². The first-order valence-corrected chi connectivity index (χ1v) is 5.52. The Hall–Kier alpha value is -1.24.